The summed E-state index contributed by atoms with van der Waals surface area (Å²) in [6.07, 6.45) is 0. The van der Waals surface area contributed by atoms with E-state index in [0.717, 1.165) is 15.8 Å². The van der Waals surface area contributed by atoms with Gasteiger partial charge in [0.2, 0.25) is 5.91 Å². The van der Waals surface area contributed by atoms with Crippen LogP contribution in [0.1, 0.15) is 12.5 Å². The molecule has 0 fully saturated rings. The second-order valence-corrected chi connectivity index (χ2v) is 5.65. The summed E-state index contributed by atoms with van der Waals surface area (Å²) < 4.78 is 0.980. The van der Waals surface area contributed by atoms with E-state index < -0.39 is 0 Å². The molecule has 0 spiro atoms. The first-order chi connectivity index (χ1) is 9.54. The van der Waals surface area contributed by atoms with Gasteiger partial charge in [-0.25, -0.2) is 0 Å². The van der Waals surface area contributed by atoms with Crippen molar-refractivity contribution in [2.75, 3.05) is 10.6 Å². The smallest absolute Gasteiger partial charge is 0.246 e. The van der Waals surface area contributed by atoms with Gasteiger partial charge in [0, 0.05) is 15.8 Å². The molecule has 2 aromatic carbocycles. The Balaban J connectivity index is 1.96. The lowest BCUT2D eigenvalue weighted by atomic mass is 10.2. The number of carbonyl (C=O) groups is 1. The zero-order valence-electron chi connectivity index (χ0n) is 11.5. The van der Waals surface area contributed by atoms with Gasteiger partial charge in [-0.15, -0.1) is 0 Å². The lowest BCUT2D eigenvalue weighted by Gasteiger charge is -2.15. The summed E-state index contributed by atoms with van der Waals surface area (Å²) in [5, 5.41) is 6.06. The van der Waals surface area contributed by atoms with Crippen LogP contribution >= 0.6 is 15.9 Å². The largest absolute Gasteiger partial charge is 0.374 e. The maximum atomic E-state index is 12.1. The molecule has 4 heteroatoms. The standard InChI is InChI=1S/C16H17BrN2O/c1-11-6-8-14(9-7-11)19-16(20)12(2)18-15-5-3-4-13(17)10-15/h3-10,12,18H,1-2H3,(H,19,20). The number of amides is 1. The highest BCUT2D eigenvalue weighted by Gasteiger charge is 2.12. The Kier molecular flexibility index (Phi) is 4.79. The predicted molar refractivity (Wildman–Crippen MR) is 87.0 cm³/mol. The predicted octanol–water partition coefficient (Wildman–Crippen LogP) is 4.20. The lowest BCUT2D eigenvalue weighted by Crippen LogP contribution is -2.31. The summed E-state index contributed by atoms with van der Waals surface area (Å²) in [5.41, 5.74) is 2.89. The van der Waals surface area contributed by atoms with E-state index in [9.17, 15) is 4.79 Å². The molecule has 0 bridgehead atoms. The summed E-state index contributed by atoms with van der Waals surface area (Å²) in [6, 6.07) is 15.2. The van der Waals surface area contributed by atoms with E-state index in [2.05, 4.69) is 26.6 Å². The Bertz CT molecular complexity index is 596. The molecule has 0 saturated heterocycles. The Morgan fingerprint density at radius 3 is 2.45 bits per heavy atom. The van der Waals surface area contributed by atoms with Gasteiger partial charge in [0.15, 0.2) is 0 Å². The number of anilines is 2. The van der Waals surface area contributed by atoms with Crippen LogP contribution in [0.5, 0.6) is 0 Å². The monoisotopic (exact) mass is 332 g/mol. The summed E-state index contributed by atoms with van der Waals surface area (Å²) in [7, 11) is 0. The van der Waals surface area contributed by atoms with Crippen molar-refractivity contribution in [3.8, 4) is 0 Å². The molecule has 1 atom stereocenters. The normalized spacial score (nSPS) is 11.8. The highest BCUT2D eigenvalue weighted by molar-refractivity contribution is 9.10. The van der Waals surface area contributed by atoms with Crippen LogP contribution in [0.25, 0.3) is 0 Å². The summed E-state index contributed by atoms with van der Waals surface area (Å²) in [4.78, 5) is 12.1. The molecule has 0 aliphatic carbocycles. The van der Waals surface area contributed by atoms with E-state index in [1.807, 2.05) is 62.4 Å². The fraction of sp³-hybridized carbons (Fsp3) is 0.188. The number of benzene rings is 2. The first kappa shape index (κ1) is 14.6. The van der Waals surface area contributed by atoms with Gasteiger partial charge < -0.3 is 10.6 Å². The molecule has 0 heterocycles. The maximum absolute atomic E-state index is 12.1. The molecule has 0 aromatic heterocycles. The van der Waals surface area contributed by atoms with Gasteiger partial charge in [-0.1, -0.05) is 39.7 Å². The topological polar surface area (TPSA) is 41.1 Å². The molecule has 1 amide bonds. The zero-order valence-corrected chi connectivity index (χ0v) is 13.1. The van der Waals surface area contributed by atoms with E-state index in [-0.39, 0.29) is 11.9 Å². The number of hydrogen-bond acceptors (Lipinski definition) is 2. The second-order valence-electron chi connectivity index (χ2n) is 4.73. The zero-order chi connectivity index (χ0) is 14.5. The van der Waals surface area contributed by atoms with Crippen LogP contribution in [0.4, 0.5) is 11.4 Å². The molecule has 0 saturated carbocycles. The Morgan fingerprint density at radius 1 is 1.10 bits per heavy atom. The van der Waals surface area contributed by atoms with Gasteiger partial charge in [0.05, 0.1) is 0 Å². The Hall–Kier alpha value is -1.81. The summed E-state index contributed by atoms with van der Waals surface area (Å²) in [6.45, 7) is 3.85. The Morgan fingerprint density at radius 2 is 1.80 bits per heavy atom. The molecule has 0 aliphatic heterocycles. The molecule has 2 N–H and O–H groups in total. The molecule has 2 rings (SSSR count). The van der Waals surface area contributed by atoms with Crippen molar-refractivity contribution < 1.29 is 4.79 Å². The number of nitrogens with one attached hydrogen (secondary N) is 2. The number of carbonyl (C=O) groups excluding carboxylic acids is 1. The van der Waals surface area contributed by atoms with E-state index in [1.54, 1.807) is 0 Å². The quantitative estimate of drug-likeness (QED) is 0.881. The van der Waals surface area contributed by atoms with Gasteiger partial charge >= 0.3 is 0 Å². The average molecular weight is 333 g/mol. The number of halogens is 1. The van der Waals surface area contributed by atoms with E-state index in [0.29, 0.717) is 0 Å². The lowest BCUT2D eigenvalue weighted by molar-refractivity contribution is -0.116. The third-order valence-corrected chi connectivity index (χ3v) is 3.41. The number of aryl methyl sites for hydroxylation is 1. The van der Waals surface area contributed by atoms with E-state index in [4.69, 9.17) is 0 Å². The first-order valence-corrected chi connectivity index (χ1v) is 7.23. The molecule has 2 aromatic rings. The van der Waals surface area contributed by atoms with Crippen LogP contribution in [-0.2, 0) is 4.79 Å². The summed E-state index contributed by atoms with van der Waals surface area (Å²) >= 11 is 3.41. The van der Waals surface area contributed by atoms with Gasteiger partial charge in [-0.2, -0.15) is 0 Å². The number of hydrogen-bond donors (Lipinski definition) is 2. The minimum atomic E-state index is -0.314. The maximum Gasteiger partial charge on any atom is 0.246 e. The van der Waals surface area contributed by atoms with Crippen LogP contribution in [0, 0.1) is 6.92 Å². The Labute approximate surface area is 127 Å². The minimum absolute atomic E-state index is 0.0613. The highest BCUT2D eigenvalue weighted by Crippen LogP contribution is 2.17. The highest BCUT2D eigenvalue weighted by atomic mass is 79.9. The van der Waals surface area contributed by atoms with Crippen molar-refractivity contribution in [1.29, 1.82) is 0 Å². The second kappa shape index (κ2) is 6.57. The third-order valence-electron chi connectivity index (χ3n) is 2.92. The van der Waals surface area contributed by atoms with Crippen molar-refractivity contribution in [3.05, 3.63) is 58.6 Å². The first-order valence-electron chi connectivity index (χ1n) is 6.44. The third kappa shape index (κ3) is 4.10. The van der Waals surface area contributed by atoms with Crippen LogP contribution in [0.2, 0.25) is 0 Å². The van der Waals surface area contributed by atoms with E-state index in [1.165, 1.54) is 5.56 Å². The molecule has 20 heavy (non-hydrogen) atoms. The molecule has 0 aliphatic rings. The molecule has 104 valence electrons. The molecule has 3 nitrogen and oxygen atoms in total. The van der Waals surface area contributed by atoms with Crippen LogP contribution in [0.3, 0.4) is 0 Å². The average Bonchev–Trinajstić information content (AvgIpc) is 2.41. The summed E-state index contributed by atoms with van der Waals surface area (Å²) in [5.74, 6) is -0.0613. The van der Waals surface area contributed by atoms with Crippen molar-refractivity contribution in [3.63, 3.8) is 0 Å². The molecular weight excluding hydrogens is 316 g/mol. The molecule has 1 unspecified atom stereocenters. The van der Waals surface area contributed by atoms with Crippen molar-refractivity contribution in [1.82, 2.24) is 0 Å². The SMILES string of the molecule is Cc1ccc(NC(=O)C(C)Nc2cccc(Br)c2)cc1. The van der Waals surface area contributed by atoms with Gasteiger partial charge in [0.25, 0.3) is 0 Å². The van der Waals surface area contributed by atoms with Crippen LogP contribution < -0.4 is 10.6 Å². The van der Waals surface area contributed by atoms with Crippen molar-refractivity contribution >= 4 is 33.2 Å². The van der Waals surface area contributed by atoms with Gasteiger partial charge in [-0.3, -0.25) is 4.79 Å². The van der Waals surface area contributed by atoms with Crippen LogP contribution in [0.15, 0.2) is 53.0 Å². The molecule has 0 radical (unpaired) electrons. The van der Waals surface area contributed by atoms with Crippen LogP contribution in [-0.4, -0.2) is 11.9 Å². The van der Waals surface area contributed by atoms with Crippen molar-refractivity contribution in [2.24, 2.45) is 0 Å². The van der Waals surface area contributed by atoms with Gasteiger partial charge in [-0.05, 0) is 44.2 Å². The fourth-order valence-electron chi connectivity index (χ4n) is 1.78. The fourth-order valence-corrected chi connectivity index (χ4v) is 2.18. The van der Waals surface area contributed by atoms with Gasteiger partial charge in [0.1, 0.15) is 6.04 Å². The number of rotatable bonds is 4. The van der Waals surface area contributed by atoms with E-state index >= 15 is 0 Å². The van der Waals surface area contributed by atoms with Crippen molar-refractivity contribution in [2.45, 2.75) is 19.9 Å². The molecular formula is C16H17BrN2O. The minimum Gasteiger partial charge on any atom is -0.374 e.